The minimum atomic E-state index is 1.03. The first-order valence-electron chi connectivity index (χ1n) is 8.76. The van der Waals surface area contributed by atoms with Crippen molar-refractivity contribution in [2.75, 3.05) is 0 Å². The van der Waals surface area contributed by atoms with Crippen LogP contribution in [0.25, 0.3) is 49.4 Å². The number of H-pyrrole nitrogens is 1. The number of aromatic amines is 1. The minimum Gasteiger partial charge on any atom is -0.353 e. The molecule has 0 fully saturated rings. The highest BCUT2D eigenvalue weighted by Gasteiger charge is 2.17. The van der Waals surface area contributed by atoms with Crippen LogP contribution in [0.2, 0.25) is 0 Å². The van der Waals surface area contributed by atoms with Crippen molar-refractivity contribution >= 4 is 43.7 Å². The van der Waals surface area contributed by atoms with Gasteiger partial charge in [-0.05, 0) is 24.3 Å². The van der Waals surface area contributed by atoms with Gasteiger partial charge in [-0.15, -0.1) is 0 Å². The number of pyridine rings is 1. The van der Waals surface area contributed by atoms with Crippen molar-refractivity contribution in [2.24, 2.45) is 0 Å². The van der Waals surface area contributed by atoms with Crippen LogP contribution in [0.4, 0.5) is 0 Å². The smallest absolute Gasteiger partial charge is 0.0985 e. The van der Waals surface area contributed by atoms with E-state index in [1.807, 2.05) is 12.3 Å². The van der Waals surface area contributed by atoms with E-state index in [-0.39, 0.29) is 0 Å². The number of para-hydroxylation sites is 3. The van der Waals surface area contributed by atoms with E-state index in [2.05, 4.69) is 82.3 Å². The Morgan fingerprint density at radius 2 is 1.42 bits per heavy atom. The third-order valence-electron chi connectivity index (χ3n) is 5.17. The first-order chi connectivity index (χ1) is 12.9. The number of nitrogens with one attached hydrogen (secondary N) is 1. The van der Waals surface area contributed by atoms with E-state index in [1.165, 1.54) is 16.3 Å². The molecule has 0 atom stereocenters. The molecule has 0 aliphatic carbocycles. The van der Waals surface area contributed by atoms with E-state index < -0.39 is 0 Å². The zero-order valence-corrected chi connectivity index (χ0v) is 14.0. The summed E-state index contributed by atoms with van der Waals surface area (Å²) in [6.45, 7) is 0. The first kappa shape index (κ1) is 13.7. The molecule has 0 radical (unpaired) electrons. The van der Waals surface area contributed by atoms with Crippen LogP contribution in [0.15, 0.2) is 85.1 Å². The molecule has 1 N–H and O–H groups in total. The molecule has 6 rings (SSSR count). The lowest BCUT2D eigenvalue weighted by Crippen LogP contribution is -1.94. The topological polar surface area (TPSA) is 33.6 Å². The quantitative estimate of drug-likeness (QED) is 0.404. The Morgan fingerprint density at radius 3 is 2.31 bits per heavy atom. The van der Waals surface area contributed by atoms with Gasteiger partial charge in [0.2, 0.25) is 0 Å². The third-order valence-corrected chi connectivity index (χ3v) is 5.17. The number of benzene rings is 3. The Balaban J connectivity index is 1.92. The third kappa shape index (κ3) is 1.69. The van der Waals surface area contributed by atoms with Gasteiger partial charge in [0.15, 0.2) is 0 Å². The standard InChI is InChI=1S/C23H15N3/c1-2-8-15(9-3-1)26-20-13-7-5-11-17(20)21-23(26)22-18(14-24-21)16-10-4-6-12-19(16)25-22/h1-14,25H. The molecule has 0 unspecified atom stereocenters. The molecular formula is C23H15N3. The molecule has 3 heterocycles. The van der Waals surface area contributed by atoms with Gasteiger partial charge in [0.25, 0.3) is 0 Å². The molecule has 3 nitrogen and oxygen atoms in total. The maximum absolute atomic E-state index is 4.87. The van der Waals surface area contributed by atoms with Gasteiger partial charge in [-0.3, -0.25) is 4.98 Å². The summed E-state index contributed by atoms with van der Waals surface area (Å²) in [5, 5.41) is 3.54. The van der Waals surface area contributed by atoms with Gasteiger partial charge in [0.1, 0.15) is 0 Å². The van der Waals surface area contributed by atoms with Gasteiger partial charge >= 0.3 is 0 Å². The lowest BCUT2D eigenvalue weighted by Gasteiger charge is -2.07. The second-order valence-electron chi connectivity index (χ2n) is 6.60. The normalized spacial score (nSPS) is 11.8. The number of aromatic nitrogens is 3. The summed E-state index contributed by atoms with van der Waals surface area (Å²) in [6.07, 6.45) is 2.00. The van der Waals surface area contributed by atoms with Gasteiger partial charge in [-0.25, -0.2) is 0 Å². The largest absolute Gasteiger partial charge is 0.353 e. The molecular weight excluding hydrogens is 318 g/mol. The Morgan fingerprint density at radius 1 is 0.692 bits per heavy atom. The molecule has 0 aliphatic heterocycles. The minimum absolute atomic E-state index is 1.03. The fraction of sp³-hybridized carbons (Fsp3) is 0. The molecule has 3 heteroatoms. The number of rotatable bonds is 1. The lowest BCUT2D eigenvalue weighted by atomic mass is 10.2. The molecule has 3 aromatic carbocycles. The van der Waals surface area contributed by atoms with Crippen LogP contribution in [-0.4, -0.2) is 14.5 Å². The lowest BCUT2D eigenvalue weighted by molar-refractivity contribution is 1.18. The van der Waals surface area contributed by atoms with E-state index in [1.54, 1.807) is 0 Å². The average Bonchev–Trinajstić information content (AvgIpc) is 3.24. The van der Waals surface area contributed by atoms with Crippen LogP contribution >= 0.6 is 0 Å². The SMILES string of the molecule is c1ccc(-n2c3ccccc3c3ncc4c5ccccc5[nH]c4c32)cc1. The van der Waals surface area contributed by atoms with Crippen LogP contribution in [-0.2, 0) is 0 Å². The monoisotopic (exact) mass is 333 g/mol. The van der Waals surface area contributed by atoms with Crippen molar-refractivity contribution < 1.29 is 0 Å². The van der Waals surface area contributed by atoms with Crippen LogP contribution in [0.3, 0.4) is 0 Å². The summed E-state index contributed by atoms with van der Waals surface area (Å²) in [5.41, 5.74) is 6.76. The van der Waals surface area contributed by atoms with Crippen molar-refractivity contribution in [1.29, 1.82) is 0 Å². The maximum atomic E-state index is 4.87. The van der Waals surface area contributed by atoms with Crippen LogP contribution in [0.5, 0.6) is 0 Å². The van der Waals surface area contributed by atoms with Crippen molar-refractivity contribution in [3.63, 3.8) is 0 Å². The molecule has 0 aliphatic rings. The Bertz CT molecular complexity index is 1420. The first-order valence-corrected chi connectivity index (χ1v) is 8.76. The van der Waals surface area contributed by atoms with Crippen LogP contribution < -0.4 is 0 Å². The fourth-order valence-corrected chi connectivity index (χ4v) is 4.04. The molecule has 122 valence electrons. The van der Waals surface area contributed by atoms with E-state index in [0.29, 0.717) is 0 Å². The molecule has 0 saturated carbocycles. The van der Waals surface area contributed by atoms with Crippen molar-refractivity contribution in [3.05, 3.63) is 85.1 Å². The summed E-state index contributed by atoms with van der Waals surface area (Å²) >= 11 is 0. The van der Waals surface area contributed by atoms with Gasteiger partial charge < -0.3 is 9.55 Å². The molecule has 3 aromatic heterocycles. The number of hydrogen-bond acceptors (Lipinski definition) is 1. The van der Waals surface area contributed by atoms with E-state index in [4.69, 9.17) is 4.98 Å². The zero-order chi connectivity index (χ0) is 17.1. The highest BCUT2D eigenvalue weighted by molar-refractivity contribution is 6.20. The highest BCUT2D eigenvalue weighted by atomic mass is 15.0. The van der Waals surface area contributed by atoms with Gasteiger partial charge in [-0.2, -0.15) is 0 Å². The Hall–Kier alpha value is -3.59. The maximum Gasteiger partial charge on any atom is 0.0985 e. The van der Waals surface area contributed by atoms with Gasteiger partial charge in [-0.1, -0.05) is 54.6 Å². The fourth-order valence-electron chi connectivity index (χ4n) is 4.04. The van der Waals surface area contributed by atoms with E-state index in [9.17, 15) is 0 Å². The molecule has 0 spiro atoms. The highest BCUT2D eigenvalue weighted by Crippen LogP contribution is 2.36. The molecule has 0 saturated heterocycles. The second kappa shape index (κ2) is 4.96. The number of fused-ring (bicyclic) bond motifs is 7. The summed E-state index contributed by atoms with van der Waals surface area (Å²) in [6, 6.07) is 27.4. The predicted molar refractivity (Wildman–Crippen MR) is 108 cm³/mol. The van der Waals surface area contributed by atoms with Gasteiger partial charge in [0.05, 0.1) is 22.1 Å². The second-order valence-corrected chi connectivity index (χ2v) is 6.60. The Labute approximate surface area is 149 Å². The van der Waals surface area contributed by atoms with Crippen molar-refractivity contribution in [2.45, 2.75) is 0 Å². The average molecular weight is 333 g/mol. The predicted octanol–water partition coefficient (Wildman–Crippen LogP) is 5.81. The Kier molecular flexibility index (Phi) is 2.61. The summed E-state index contributed by atoms with van der Waals surface area (Å²) in [7, 11) is 0. The van der Waals surface area contributed by atoms with Crippen LogP contribution in [0.1, 0.15) is 0 Å². The van der Waals surface area contributed by atoms with Crippen molar-refractivity contribution in [3.8, 4) is 5.69 Å². The summed E-state index contributed by atoms with van der Waals surface area (Å²) in [5.74, 6) is 0. The van der Waals surface area contributed by atoms with Crippen LogP contribution in [0, 0.1) is 0 Å². The number of hydrogen-bond donors (Lipinski definition) is 1. The van der Waals surface area contributed by atoms with Crippen molar-refractivity contribution in [1.82, 2.24) is 14.5 Å². The van der Waals surface area contributed by atoms with E-state index in [0.717, 1.165) is 33.1 Å². The molecule has 26 heavy (non-hydrogen) atoms. The summed E-state index contributed by atoms with van der Waals surface area (Å²) in [4.78, 5) is 8.50. The summed E-state index contributed by atoms with van der Waals surface area (Å²) < 4.78 is 2.31. The molecule has 0 amide bonds. The van der Waals surface area contributed by atoms with E-state index >= 15 is 0 Å². The zero-order valence-electron chi connectivity index (χ0n) is 14.0. The van der Waals surface area contributed by atoms with Gasteiger partial charge in [0, 0.05) is 33.6 Å². The number of nitrogens with zero attached hydrogens (tertiary/aromatic N) is 2. The molecule has 0 bridgehead atoms. The molecule has 6 aromatic rings.